The second kappa shape index (κ2) is 7.28. The first kappa shape index (κ1) is 13.0. The van der Waals surface area contributed by atoms with Crippen molar-refractivity contribution in [3.8, 4) is 12.3 Å². The molecule has 1 heterocycles. The van der Waals surface area contributed by atoms with Gasteiger partial charge in [-0.15, -0.1) is 29.5 Å². The van der Waals surface area contributed by atoms with Gasteiger partial charge in [0.05, 0.1) is 11.4 Å². The smallest absolute Gasteiger partial charge is 0.365 e. The molecule has 2 N–H and O–H groups in total. The minimum atomic E-state index is -0.971. The molecule has 0 amide bonds. The van der Waals surface area contributed by atoms with Crippen LogP contribution in [0.15, 0.2) is 5.38 Å². The quantitative estimate of drug-likeness (QED) is 0.569. The summed E-state index contributed by atoms with van der Waals surface area (Å²) in [6.45, 7) is 1.44. The third-order valence-corrected chi connectivity index (χ3v) is 3.39. The van der Waals surface area contributed by atoms with Crippen molar-refractivity contribution in [2.75, 3.05) is 18.1 Å². The highest BCUT2D eigenvalue weighted by Crippen LogP contribution is 2.09. The fourth-order valence-electron chi connectivity index (χ4n) is 0.978. The Morgan fingerprint density at radius 3 is 3.19 bits per heavy atom. The van der Waals surface area contributed by atoms with Gasteiger partial charge in [0.25, 0.3) is 0 Å². The zero-order valence-electron chi connectivity index (χ0n) is 8.60. The van der Waals surface area contributed by atoms with E-state index in [0.29, 0.717) is 6.54 Å². The van der Waals surface area contributed by atoms with Gasteiger partial charge >= 0.3 is 5.97 Å². The van der Waals surface area contributed by atoms with Crippen LogP contribution in [0, 0.1) is 12.3 Å². The van der Waals surface area contributed by atoms with Crippen molar-refractivity contribution in [1.82, 2.24) is 10.3 Å². The number of terminal acetylenes is 1. The number of carboxylic acids is 1. The van der Waals surface area contributed by atoms with Crippen molar-refractivity contribution >= 4 is 29.1 Å². The Hall–Kier alpha value is -1.03. The molecule has 16 heavy (non-hydrogen) atoms. The van der Waals surface area contributed by atoms with E-state index in [2.05, 4.69) is 16.2 Å². The second-order valence-electron chi connectivity index (χ2n) is 2.88. The Morgan fingerprint density at radius 1 is 1.75 bits per heavy atom. The summed E-state index contributed by atoms with van der Waals surface area (Å²) in [5, 5.41) is 13.7. The lowest BCUT2D eigenvalue weighted by Gasteiger charge is -2.00. The molecule has 0 bridgehead atoms. The average Bonchev–Trinajstić information content (AvgIpc) is 2.72. The maximum absolute atomic E-state index is 10.6. The van der Waals surface area contributed by atoms with E-state index in [1.54, 1.807) is 17.1 Å². The molecule has 86 valence electrons. The van der Waals surface area contributed by atoms with Gasteiger partial charge in [0.1, 0.15) is 0 Å². The Morgan fingerprint density at radius 2 is 2.56 bits per heavy atom. The topological polar surface area (TPSA) is 62.2 Å². The van der Waals surface area contributed by atoms with E-state index >= 15 is 0 Å². The van der Waals surface area contributed by atoms with Gasteiger partial charge in [-0.3, -0.25) is 0 Å². The van der Waals surface area contributed by atoms with Gasteiger partial charge in [0.2, 0.25) is 5.01 Å². The number of aromatic nitrogens is 1. The van der Waals surface area contributed by atoms with E-state index in [0.717, 1.165) is 35.1 Å². The summed E-state index contributed by atoms with van der Waals surface area (Å²) < 4.78 is 0. The number of thioether (sulfide) groups is 1. The van der Waals surface area contributed by atoms with Gasteiger partial charge in [-0.1, -0.05) is 5.92 Å². The van der Waals surface area contributed by atoms with E-state index in [9.17, 15) is 4.79 Å². The summed E-state index contributed by atoms with van der Waals surface area (Å²) in [4.78, 5) is 14.5. The Kier molecular flexibility index (Phi) is 5.93. The minimum Gasteiger partial charge on any atom is -0.476 e. The van der Waals surface area contributed by atoms with Crippen molar-refractivity contribution in [3.05, 3.63) is 16.1 Å². The van der Waals surface area contributed by atoms with Crippen molar-refractivity contribution in [2.24, 2.45) is 0 Å². The molecule has 0 saturated heterocycles. The van der Waals surface area contributed by atoms with Crippen LogP contribution >= 0.6 is 23.1 Å². The first-order chi connectivity index (χ1) is 7.74. The molecular weight excluding hydrogens is 244 g/mol. The van der Waals surface area contributed by atoms with Gasteiger partial charge in [0, 0.05) is 24.2 Å². The van der Waals surface area contributed by atoms with Gasteiger partial charge in [-0.25, -0.2) is 9.78 Å². The third kappa shape index (κ3) is 4.66. The molecule has 0 aliphatic rings. The van der Waals surface area contributed by atoms with Crippen molar-refractivity contribution in [3.63, 3.8) is 0 Å². The lowest BCUT2D eigenvalue weighted by atomic mass is 10.5. The van der Waals surface area contributed by atoms with Crippen LogP contribution in [0.3, 0.4) is 0 Å². The molecule has 0 fully saturated rings. The molecule has 1 aromatic rings. The summed E-state index contributed by atoms with van der Waals surface area (Å²) in [6.07, 6.45) is 5.11. The number of nitrogens with one attached hydrogen (secondary N) is 1. The van der Waals surface area contributed by atoms with Gasteiger partial charge < -0.3 is 10.4 Å². The van der Waals surface area contributed by atoms with Gasteiger partial charge in [-0.05, 0) is 0 Å². The normalized spacial score (nSPS) is 9.94. The molecule has 6 heteroatoms. The SMILES string of the molecule is C#CCSCCNCc1csc(C(=O)O)n1. The predicted molar refractivity (Wildman–Crippen MR) is 66.9 cm³/mol. The number of hydrogen-bond acceptors (Lipinski definition) is 5. The summed E-state index contributed by atoms with van der Waals surface area (Å²) in [5.74, 6) is 3.25. The summed E-state index contributed by atoms with van der Waals surface area (Å²) >= 11 is 2.84. The van der Waals surface area contributed by atoms with Crippen LogP contribution in [0.4, 0.5) is 0 Å². The molecule has 0 spiro atoms. The highest BCUT2D eigenvalue weighted by atomic mass is 32.2. The first-order valence-electron chi connectivity index (χ1n) is 4.63. The van der Waals surface area contributed by atoms with Gasteiger partial charge in [-0.2, -0.15) is 0 Å². The number of rotatable bonds is 7. The largest absolute Gasteiger partial charge is 0.476 e. The van der Waals surface area contributed by atoms with Crippen molar-refractivity contribution in [1.29, 1.82) is 0 Å². The zero-order valence-corrected chi connectivity index (χ0v) is 10.2. The van der Waals surface area contributed by atoms with Crippen LogP contribution in [-0.4, -0.2) is 34.1 Å². The van der Waals surface area contributed by atoms with Crippen molar-refractivity contribution in [2.45, 2.75) is 6.54 Å². The van der Waals surface area contributed by atoms with E-state index in [1.807, 2.05) is 0 Å². The molecular formula is C10H12N2O2S2. The molecule has 0 saturated carbocycles. The lowest BCUT2D eigenvalue weighted by Crippen LogP contribution is -2.17. The molecule has 0 atom stereocenters. The van der Waals surface area contributed by atoms with Gasteiger partial charge in [0.15, 0.2) is 0 Å². The number of aromatic carboxylic acids is 1. The Labute approximate surface area is 102 Å². The van der Waals surface area contributed by atoms with Crippen molar-refractivity contribution < 1.29 is 9.90 Å². The molecule has 0 aromatic carbocycles. The van der Waals surface area contributed by atoms with Crippen LogP contribution in [-0.2, 0) is 6.54 Å². The molecule has 0 aliphatic carbocycles. The molecule has 0 unspecified atom stereocenters. The summed E-state index contributed by atoms with van der Waals surface area (Å²) in [5.41, 5.74) is 0.768. The highest BCUT2D eigenvalue weighted by molar-refractivity contribution is 7.99. The van der Waals surface area contributed by atoms with E-state index < -0.39 is 5.97 Å². The highest BCUT2D eigenvalue weighted by Gasteiger charge is 2.07. The average molecular weight is 256 g/mol. The number of nitrogens with zero attached hydrogens (tertiary/aromatic N) is 1. The second-order valence-corrected chi connectivity index (χ2v) is 4.85. The molecule has 1 rings (SSSR count). The van der Waals surface area contributed by atoms with Crippen LogP contribution in [0.25, 0.3) is 0 Å². The van der Waals surface area contributed by atoms with E-state index in [-0.39, 0.29) is 5.01 Å². The Bertz CT molecular complexity index is 384. The maximum atomic E-state index is 10.6. The van der Waals surface area contributed by atoms with Crippen LogP contribution < -0.4 is 5.32 Å². The zero-order chi connectivity index (χ0) is 11.8. The monoisotopic (exact) mass is 256 g/mol. The third-order valence-electron chi connectivity index (χ3n) is 1.65. The molecule has 1 aromatic heterocycles. The summed E-state index contributed by atoms with van der Waals surface area (Å²) in [6, 6.07) is 0. The van der Waals surface area contributed by atoms with Crippen LogP contribution in [0.2, 0.25) is 0 Å². The number of carbonyl (C=O) groups is 1. The fraction of sp³-hybridized carbons (Fsp3) is 0.400. The fourth-order valence-corrected chi connectivity index (χ4v) is 2.18. The molecule has 0 aliphatic heterocycles. The predicted octanol–water partition coefficient (Wildman–Crippen LogP) is 1.30. The molecule has 0 radical (unpaired) electrons. The van der Waals surface area contributed by atoms with Crippen LogP contribution in [0.5, 0.6) is 0 Å². The van der Waals surface area contributed by atoms with Crippen LogP contribution in [0.1, 0.15) is 15.5 Å². The Balaban J connectivity index is 2.17. The maximum Gasteiger partial charge on any atom is 0.365 e. The number of carboxylic acid groups (broad SMARTS) is 1. The van der Waals surface area contributed by atoms with E-state index in [4.69, 9.17) is 11.5 Å². The standard InChI is InChI=1S/C10H12N2O2S2/c1-2-4-15-5-3-11-6-8-7-16-9(12-8)10(13)14/h1,7,11H,3-6H2,(H,13,14). The minimum absolute atomic E-state index is 0.138. The first-order valence-corrected chi connectivity index (χ1v) is 6.67. The number of hydrogen-bond donors (Lipinski definition) is 2. The molecule has 4 nitrogen and oxygen atoms in total. The van der Waals surface area contributed by atoms with E-state index in [1.165, 1.54) is 0 Å². The number of thiazole rings is 1. The lowest BCUT2D eigenvalue weighted by molar-refractivity contribution is 0.0696. The summed E-state index contributed by atoms with van der Waals surface area (Å²) in [7, 11) is 0.